The van der Waals surface area contributed by atoms with E-state index in [1.54, 1.807) is 6.07 Å². The number of H-pyrrole nitrogens is 1. The highest BCUT2D eigenvalue weighted by Gasteiger charge is 2.11. The van der Waals surface area contributed by atoms with Crippen molar-refractivity contribution in [2.75, 3.05) is 0 Å². The van der Waals surface area contributed by atoms with Crippen molar-refractivity contribution in [2.45, 2.75) is 13.5 Å². The number of hydrogen-bond donors (Lipinski definition) is 2. The van der Waals surface area contributed by atoms with E-state index in [1.165, 1.54) is 0 Å². The summed E-state index contributed by atoms with van der Waals surface area (Å²) >= 11 is 3.40. The number of carbonyl (C=O) groups is 1. The molecule has 0 aliphatic carbocycles. The van der Waals surface area contributed by atoms with Crippen molar-refractivity contribution in [1.82, 2.24) is 15.5 Å². The van der Waals surface area contributed by atoms with Gasteiger partial charge in [0, 0.05) is 16.6 Å². The fraction of sp³-hybridized carbons (Fsp3) is 0.111. The van der Waals surface area contributed by atoms with E-state index in [4.69, 9.17) is 0 Å². The first kappa shape index (κ1) is 15.5. The first-order chi connectivity index (χ1) is 11.1. The van der Waals surface area contributed by atoms with Crippen LogP contribution >= 0.6 is 15.9 Å². The van der Waals surface area contributed by atoms with Gasteiger partial charge in [-0.2, -0.15) is 5.10 Å². The summed E-state index contributed by atoms with van der Waals surface area (Å²) in [4.78, 5) is 12.2. The molecule has 2 N–H and O–H groups in total. The van der Waals surface area contributed by atoms with E-state index in [-0.39, 0.29) is 5.91 Å². The predicted molar refractivity (Wildman–Crippen MR) is 94.1 cm³/mol. The van der Waals surface area contributed by atoms with Gasteiger partial charge in [-0.25, -0.2) is 0 Å². The number of amides is 1. The molecule has 1 aromatic heterocycles. The van der Waals surface area contributed by atoms with Gasteiger partial charge in [-0.05, 0) is 36.2 Å². The SMILES string of the molecule is Cc1ccccc1CNC(=O)c1cc(-c2ccc(Br)cc2)n[nH]1. The number of halogens is 1. The third-order valence-corrected chi connectivity index (χ3v) is 4.19. The van der Waals surface area contributed by atoms with Crippen molar-refractivity contribution in [1.29, 1.82) is 0 Å². The van der Waals surface area contributed by atoms with Gasteiger partial charge in [0.15, 0.2) is 0 Å². The first-order valence-corrected chi connectivity index (χ1v) is 8.07. The zero-order valence-corrected chi connectivity index (χ0v) is 14.2. The van der Waals surface area contributed by atoms with Gasteiger partial charge in [0.25, 0.3) is 5.91 Å². The number of nitrogens with one attached hydrogen (secondary N) is 2. The lowest BCUT2D eigenvalue weighted by Crippen LogP contribution is -2.23. The summed E-state index contributed by atoms with van der Waals surface area (Å²) in [6.07, 6.45) is 0. The number of nitrogens with zero attached hydrogens (tertiary/aromatic N) is 1. The third-order valence-electron chi connectivity index (χ3n) is 3.66. The van der Waals surface area contributed by atoms with E-state index < -0.39 is 0 Å². The third kappa shape index (κ3) is 3.68. The molecule has 5 heteroatoms. The molecule has 1 amide bonds. The number of aromatic amines is 1. The molecule has 0 atom stereocenters. The Labute approximate surface area is 143 Å². The number of benzene rings is 2. The van der Waals surface area contributed by atoms with Crippen molar-refractivity contribution >= 4 is 21.8 Å². The molecule has 0 bridgehead atoms. The van der Waals surface area contributed by atoms with Crippen LogP contribution in [0.15, 0.2) is 59.1 Å². The number of aryl methyl sites for hydroxylation is 1. The normalized spacial score (nSPS) is 10.5. The molecule has 0 aliphatic heterocycles. The Morgan fingerprint density at radius 2 is 1.91 bits per heavy atom. The van der Waals surface area contributed by atoms with Crippen molar-refractivity contribution in [3.05, 3.63) is 75.9 Å². The van der Waals surface area contributed by atoms with Gasteiger partial charge in [-0.1, -0.05) is 52.3 Å². The molecule has 0 spiro atoms. The average Bonchev–Trinajstić information content (AvgIpc) is 3.04. The molecule has 0 unspecified atom stereocenters. The molecule has 116 valence electrons. The second-order valence-corrected chi connectivity index (χ2v) is 6.20. The van der Waals surface area contributed by atoms with Crippen LogP contribution < -0.4 is 5.32 Å². The Morgan fingerprint density at radius 1 is 1.17 bits per heavy atom. The molecule has 2 aromatic carbocycles. The molecular formula is C18H16BrN3O. The van der Waals surface area contributed by atoms with Crippen LogP contribution in [-0.4, -0.2) is 16.1 Å². The van der Waals surface area contributed by atoms with Crippen LogP contribution in [0.4, 0.5) is 0 Å². The molecule has 0 fully saturated rings. The van der Waals surface area contributed by atoms with Crippen molar-refractivity contribution < 1.29 is 4.79 Å². The first-order valence-electron chi connectivity index (χ1n) is 7.27. The van der Waals surface area contributed by atoms with Gasteiger partial charge < -0.3 is 5.32 Å². The summed E-state index contributed by atoms with van der Waals surface area (Å²) in [6, 6.07) is 17.6. The molecule has 1 heterocycles. The number of rotatable bonds is 4. The lowest BCUT2D eigenvalue weighted by atomic mass is 10.1. The predicted octanol–water partition coefficient (Wildman–Crippen LogP) is 4.08. The topological polar surface area (TPSA) is 57.8 Å². The second kappa shape index (κ2) is 6.79. The summed E-state index contributed by atoms with van der Waals surface area (Å²) < 4.78 is 1.01. The maximum Gasteiger partial charge on any atom is 0.269 e. The number of carbonyl (C=O) groups excluding carboxylic acids is 1. The lowest BCUT2D eigenvalue weighted by molar-refractivity contribution is 0.0946. The van der Waals surface area contributed by atoms with Crippen LogP contribution in [0.1, 0.15) is 21.6 Å². The van der Waals surface area contributed by atoms with Crippen LogP contribution in [0.25, 0.3) is 11.3 Å². The van der Waals surface area contributed by atoms with Gasteiger partial charge >= 0.3 is 0 Å². The Bertz CT molecular complexity index is 824. The van der Waals surface area contributed by atoms with Gasteiger partial charge in [0.2, 0.25) is 0 Å². The molecule has 0 saturated heterocycles. The van der Waals surface area contributed by atoms with Crippen LogP contribution in [0.2, 0.25) is 0 Å². The smallest absolute Gasteiger partial charge is 0.269 e. The quantitative estimate of drug-likeness (QED) is 0.727. The van der Waals surface area contributed by atoms with Gasteiger partial charge in [-0.3, -0.25) is 9.89 Å². The van der Waals surface area contributed by atoms with Crippen LogP contribution in [-0.2, 0) is 6.54 Å². The van der Waals surface area contributed by atoms with Gasteiger partial charge in [-0.15, -0.1) is 0 Å². The number of aromatic nitrogens is 2. The summed E-state index contributed by atoms with van der Waals surface area (Å²) in [6.45, 7) is 2.53. The van der Waals surface area contributed by atoms with Crippen molar-refractivity contribution in [3.63, 3.8) is 0 Å². The maximum atomic E-state index is 12.2. The van der Waals surface area contributed by atoms with Crippen molar-refractivity contribution in [2.24, 2.45) is 0 Å². The van der Waals surface area contributed by atoms with E-state index in [0.29, 0.717) is 12.2 Å². The van der Waals surface area contributed by atoms with E-state index in [1.807, 2.05) is 55.5 Å². The zero-order chi connectivity index (χ0) is 16.2. The summed E-state index contributed by atoms with van der Waals surface area (Å²) in [5.41, 5.74) is 4.43. The minimum absolute atomic E-state index is 0.163. The Balaban J connectivity index is 1.69. The lowest BCUT2D eigenvalue weighted by Gasteiger charge is -2.06. The van der Waals surface area contributed by atoms with Crippen molar-refractivity contribution in [3.8, 4) is 11.3 Å². The molecule has 3 aromatic rings. The molecule has 4 nitrogen and oxygen atoms in total. The van der Waals surface area contributed by atoms with Gasteiger partial charge in [0.1, 0.15) is 5.69 Å². The van der Waals surface area contributed by atoms with E-state index in [0.717, 1.165) is 26.9 Å². The molecule has 0 radical (unpaired) electrons. The van der Waals surface area contributed by atoms with E-state index in [9.17, 15) is 4.79 Å². The fourth-order valence-corrected chi connectivity index (χ4v) is 2.55. The fourth-order valence-electron chi connectivity index (χ4n) is 2.29. The molecule has 3 rings (SSSR count). The molecular weight excluding hydrogens is 354 g/mol. The largest absolute Gasteiger partial charge is 0.347 e. The summed E-state index contributed by atoms with van der Waals surface area (Å²) in [7, 11) is 0. The minimum Gasteiger partial charge on any atom is -0.347 e. The monoisotopic (exact) mass is 369 g/mol. The Hall–Kier alpha value is -2.40. The molecule has 0 saturated carbocycles. The van der Waals surface area contributed by atoms with Crippen LogP contribution in [0.5, 0.6) is 0 Å². The zero-order valence-electron chi connectivity index (χ0n) is 12.6. The Kier molecular flexibility index (Phi) is 4.57. The minimum atomic E-state index is -0.163. The van der Waals surface area contributed by atoms with E-state index in [2.05, 4.69) is 31.4 Å². The summed E-state index contributed by atoms with van der Waals surface area (Å²) in [5, 5.41) is 9.92. The number of hydrogen-bond acceptors (Lipinski definition) is 2. The Morgan fingerprint density at radius 3 is 2.65 bits per heavy atom. The highest BCUT2D eigenvalue weighted by Crippen LogP contribution is 2.20. The molecule has 0 aliphatic rings. The second-order valence-electron chi connectivity index (χ2n) is 5.28. The highest BCUT2D eigenvalue weighted by atomic mass is 79.9. The summed E-state index contributed by atoms with van der Waals surface area (Å²) in [5.74, 6) is -0.163. The molecule has 23 heavy (non-hydrogen) atoms. The highest BCUT2D eigenvalue weighted by molar-refractivity contribution is 9.10. The standard InChI is InChI=1S/C18H16BrN3O/c1-12-4-2-3-5-14(12)11-20-18(23)17-10-16(21-22-17)13-6-8-15(19)9-7-13/h2-10H,11H2,1H3,(H,20,23)(H,21,22). The van der Waals surface area contributed by atoms with E-state index >= 15 is 0 Å². The van der Waals surface area contributed by atoms with Gasteiger partial charge in [0.05, 0.1) is 5.69 Å². The average molecular weight is 370 g/mol. The van der Waals surface area contributed by atoms with Crippen LogP contribution in [0.3, 0.4) is 0 Å². The van der Waals surface area contributed by atoms with Crippen LogP contribution in [0, 0.1) is 6.92 Å². The maximum absolute atomic E-state index is 12.2.